The summed E-state index contributed by atoms with van der Waals surface area (Å²) in [6, 6.07) is 17.8. The van der Waals surface area contributed by atoms with Crippen molar-refractivity contribution in [2.45, 2.75) is 6.92 Å². The Labute approximate surface area is 167 Å². The summed E-state index contributed by atoms with van der Waals surface area (Å²) in [5, 5.41) is 16.9. The second-order valence-electron chi connectivity index (χ2n) is 6.07. The van der Waals surface area contributed by atoms with Crippen molar-refractivity contribution >= 4 is 29.1 Å². The van der Waals surface area contributed by atoms with Crippen molar-refractivity contribution < 1.29 is 9.59 Å². The van der Waals surface area contributed by atoms with E-state index < -0.39 is 0 Å². The fourth-order valence-electron chi connectivity index (χ4n) is 2.56. The molecule has 0 radical (unpaired) electrons. The van der Waals surface area contributed by atoms with E-state index in [1.807, 2.05) is 18.2 Å². The topological polar surface area (TPSA) is 120 Å². The number of hydrogen-bond donors (Lipinski definition) is 3. The van der Waals surface area contributed by atoms with Gasteiger partial charge in [-0.15, -0.1) is 0 Å². The average Bonchev–Trinajstić information content (AvgIpc) is 2.73. The lowest BCUT2D eigenvalue weighted by Crippen LogP contribution is -2.23. The first kappa shape index (κ1) is 19.5. The number of nitrogens with one attached hydrogen (secondary N) is 3. The van der Waals surface area contributed by atoms with Crippen LogP contribution in [0.15, 0.2) is 60.8 Å². The Balaban J connectivity index is 1.71. The summed E-state index contributed by atoms with van der Waals surface area (Å²) in [5.41, 5.74) is 3.47. The van der Waals surface area contributed by atoms with Crippen LogP contribution in [0.3, 0.4) is 0 Å². The first-order chi connectivity index (χ1) is 14.0. The summed E-state index contributed by atoms with van der Waals surface area (Å²) in [6.07, 6.45) is 1.64. The molecule has 0 atom stereocenters. The van der Waals surface area contributed by atoms with Crippen molar-refractivity contribution in [3.8, 4) is 17.3 Å². The molecule has 0 bridgehead atoms. The maximum atomic E-state index is 11.9. The maximum Gasteiger partial charge on any atom is 0.252 e. The van der Waals surface area contributed by atoms with Gasteiger partial charge in [0.15, 0.2) is 0 Å². The molecular weight excluding hydrogens is 368 g/mol. The molecule has 3 aromatic rings. The minimum Gasteiger partial charge on any atom is -0.339 e. The smallest absolute Gasteiger partial charge is 0.252 e. The van der Waals surface area contributed by atoms with Crippen LogP contribution in [0.1, 0.15) is 17.3 Å². The first-order valence-electron chi connectivity index (χ1n) is 8.78. The van der Waals surface area contributed by atoms with Crippen molar-refractivity contribution in [1.82, 2.24) is 15.3 Å². The van der Waals surface area contributed by atoms with Crippen LogP contribution < -0.4 is 16.0 Å². The second-order valence-corrected chi connectivity index (χ2v) is 6.07. The van der Waals surface area contributed by atoms with E-state index in [-0.39, 0.29) is 18.4 Å². The molecule has 3 rings (SSSR count). The zero-order chi connectivity index (χ0) is 20.6. The summed E-state index contributed by atoms with van der Waals surface area (Å²) in [6.45, 7) is 1.42. The molecule has 1 heterocycles. The number of hydrogen-bond acceptors (Lipinski definition) is 6. The minimum absolute atomic E-state index is 0.0344. The van der Waals surface area contributed by atoms with Crippen LogP contribution in [-0.2, 0) is 4.79 Å². The van der Waals surface area contributed by atoms with Crippen LogP contribution in [0.4, 0.5) is 17.3 Å². The molecule has 0 fully saturated rings. The van der Waals surface area contributed by atoms with Crippen molar-refractivity contribution in [2.75, 3.05) is 17.2 Å². The molecule has 2 amide bonds. The van der Waals surface area contributed by atoms with Crippen LogP contribution >= 0.6 is 0 Å². The van der Waals surface area contributed by atoms with Crippen LogP contribution in [0, 0.1) is 11.3 Å². The lowest BCUT2D eigenvalue weighted by Gasteiger charge is -2.08. The van der Waals surface area contributed by atoms with Crippen LogP contribution in [0.2, 0.25) is 0 Å². The molecule has 0 aliphatic rings. The fourth-order valence-corrected chi connectivity index (χ4v) is 2.56. The average molecular weight is 386 g/mol. The van der Waals surface area contributed by atoms with Gasteiger partial charge in [-0.2, -0.15) is 5.26 Å². The van der Waals surface area contributed by atoms with E-state index in [1.54, 1.807) is 48.7 Å². The lowest BCUT2D eigenvalue weighted by atomic mass is 10.1. The van der Waals surface area contributed by atoms with E-state index in [9.17, 15) is 9.59 Å². The number of carbonyl (C=O) groups is 2. The summed E-state index contributed by atoms with van der Waals surface area (Å²) < 4.78 is 0. The van der Waals surface area contributed by atoms with Gasteiger partial charge in [0.2, 0.25) is 11.9 Å². The van der Waals surface area contributed by atoms with Gasteiger partial charge in [-0.1, -0.05) is 12.1 Å². The number of nitrogens with zero attached hydrogens (tertiary/aromatic N) is 3. The summed E-state index contributed by atoms with van der Waals surface area (Å²) in [4.78, 5) is 31.7. The van der Waals surface area contributed by atoms with E-state index in [4.69, 9.17) is 5.26 Å². The molecule has 8 nitrogen and oxygen atoms in total. The summed E-state index contributed by atoms with van der Waals surface area (Å²) in [5.74, 6) is -0.00761. The molecule has 0 spiro atoms. The Morgan fingerprint density at radius 1 is 1.00 bits per heavy atom. The third kappa shape index (κ3) is 5.37. The molecule has 0 saturated carbocycles. The molecule has 3 N–H and O–H groups in total. The van der Waals surface area contributed by atoms with Gasteiger partial charge in [-0.25, -0.2) is 9.97 Å². The van der Waals surface area contributed by atoms with Crippen LogP contribution in [-0.4, -0.2) is 28.3 Å². The van der Waals surface area contributed by atoms with Crippen LogP contribution in [0.5, 0.6) is 0 Å². The Hall–Kier alpha value is -4.25. The molecule has 8 heteroatoms. The summed E-state index contributed by atoms with van der Waals surface area (Å²) in [7, 11) is 0. The van der Waals surface area contributed by atoms with Crippen LogP contribution in [0.25, 0.3) is 11.3 Å². The Kier molecular flexibility index (Phi) is 6.12. The molecule has 1 aromatic heterocycles. The van der Waals surface area contributed by atoms with E-state index in [1.165, 1.54) is 6.92 Å². The third-order valence-electron chi connectivity index (χ3n) is 3.89. The standard InChI is InChI=1S/C21H18N6O2/c1-14(28)25-17-6-8-18(9-7-17)26-21-24-12-10-19(27-21)15-2-4-16(5-3-15)20(29)23-13-11-22/h2-10,12H,13H2,1H3,(H,23,29)(H,25,28)(H,24,26,27). The van der Waals surface area contributed by atoms with Crippen molar-refractivity contribution in [3.05, 3.63) is 66.4 Å². The molecular formula is C21H18N6O2. The second kappa shape index (κ2) is 9.10. The highest BCUT2D eigenvalue weighted by atomic mass is 16.2. The zero-order valence-electron chi connectivity index (χ0n) is 15.6. The number of anilines is 3. The molecule has 144 valence electrons. The number of nitriles is 1. The SMILES string of the molecule is CC(=O)Nc1ccc(Nc2nccc(-c3ccc(C(=O)NCC#N)cc3)n2)cc1. The van der Waals surface area contributed by atoms with Gasteiger partial charge in [0.1, 0.15) is 6.54 Å². The van der Waals surface area contributed by atoms with Gasteiger partial charge in [-0.3, -0.25) is 9.59 Å². The van der Waals surface area contributed by atoms with Crippen molar-refractivity contribution in [2.24, 2.45) is 0 Å². The predicted octanol–water partition coefficient (Wildman–Crippen LogP) is 3.10. The number of aromatic nitrogens is 2. The van der Waals surface area contributed by atoms with E-state index in [0.29, 0.717) is 22.9 Å². The van der Waals surface area contributed by atoms with E-state index in [0.717, 1.165) is 11.3 Å². The minimum atomic E-state index is -0.300. The van der Waals surface area contributed by atoms with Gasteiger partial charge in [0.25, 0.3) is 5.91 Å². The van der Waals surface area contributed by atoms with Gasteiger partial charge in [-0.05, 0) is 42.5 Å². The highest BCUT2D eigenvalue weighted by Gasteiger charge is 2.07. The molecule has 0 unspecified atom stereocenters. The van der Waals surface area contributed by atoms with E-state index >= 15 is 0 Å². The Morgan fingerprint density at radius 2 is 1.69 bits per heavy atom. The fraction of sp³-hybridized carbons (Fsp3) is 0.0952. The van der Waals surface area contributed by atoms with Crippen molar-refractivity contribution in [1.29, 1.82) is 5.26 Å². The monoisotopic (exact) mass is 386 g/mol. The number of amides is 2. The third-order valence-corrected chi connectivity index (χ3v) is 3.89. The van der Waals surface area contributed by atoms with E-state index in [2.05, 4.69) is 25.9 Å². The molecule has 2 aromatic carbocycles. The number of carbonyl (C=O) groups excluding carboxylic acids is 2. The summed E-state index contributed by atoms with van der Waals surface area (Å²) >= 11 is 0. The van der Waals surface area contributed by atoms with Gasteiger partial charge < -0.3 is 16.0 Å². The lowest BCUT2D eigenvalue weighted by molar-refractivity contribution is -0.114. The van der Waals surface area contributed by atoms with Gasteiger partial charge >= 0.3 is 0 Å². The molecule has 0 aliphatic carbocycles. The Morgan fingerprint density at radius 3 is 2.34 bits per heavy atom. The van der Waals surface area contributed by atoms with Crippen molar-refractivity contribution in [3.63, 3.8) is 0 Å². The molecule has 0 saturated heterocycles. The molecule has 29 heavy (non-hydrogen) atoms. The quantitative estimate of drug-likeness (QED) is 0.560. The van der Waals surface area contributed by atoms with Gasteiger partial charge in [0, 0.05) is 35.6 Å². The number of benzene rings is 2. The predicted molar refractivity (Wildman–Crippen MR) is 109 cm³/mol. The van der Waals surface area contributed by atoms with Gasteiger partial charge in [0.05, 0.1) is 11.8 Å². The highest BCUT2D eigenvalue weighted by molar-refractivity contribution is 5.94. The maximum absolute atomic E-state index is 11.9. The largest absolute Gasteiger partial charge is 0.339 e. The normalized spacial score (nSPS) is 9.93. The molecule has 0 aliphatic heterocycles. The first-order valence-corrected chi connectivity index (χ1v) is 8.78. The highest BCUT2D eigenvalue weighted by Crippen LogP contribution is 2.21. The zero-order valence-corrected chi connectivity index (χ0v) is 15.6. The number of rotatable bonds is 6. The Bertz CT molecular complexity index is 1060.